The van der Waals surface area contributed by atoms with Crippen LogP contribution in [0, 0.1) is 20.8 Å². The minimum absolute atomic E-state index is 0.0748. The zero-order valence-electron chi connectivity index (χ0n) is 14.6. The monoisotopic (exact) mass is 322 g/mol. The predicted octanol–water partition coefficient (Wildman–Crippen LogP) is 4.50. The molecule has 0 radical (unpaired) electrons. The number of hydrogen-bond acceptors (Lipinski definition) is 3. The second kappa shape index (κ2) is 6.48. The highest BCUT2D eigenvalue weighted by Crippen LogP contribution is 2.25. The predicted molar refractivity (Wildman–Crippen MR) is 96.4 cm³/mol. The van der Waals surface area contributed by atoms with Crippen molar-refractivity contribution in [3.63, 3.8) is 0 Å². The summed E-state index contributed by atoms with van der Waals surface area (Å²) >= 11 is 0. The molecule has 1 heterocycles. The fraction of sp³-hybridized carbons (Fsp3) is 0.300. The summed E-state index contributed by atoms with van der Waals surface area (Å²) in [5, 5.41) is 8.09. The van der Waals surface area contributed by atoms with E-state index in [4.69, 9.17) is 4.52 Å². The maximum Gasteiger partial charge on any atom is 0.230 e. The number of aryl methyl sites for hydroxylation is 4. The Bertz CT molecular complexity index is 909. The van der Waals surface area contributed by atoms with Crippen molar-refractivity contribution in [2.45, 2.75) is 40.5 Å². The van der Waals surface area contributed by atoms with Gasteiger partial charge in [0.25, 0.3) is 0 Å². The molecule has 0 atom stereocenters. The van der Waals surface area contributed by atoms with Crippen molar-refractivity contribution in [2.75, 3.05) is 5.32 Å². The van der Waals surface area contributed by atoms with Gasteiger partial charge in [-0.25, -0.2) is 0 Å². The van der Waals surface area contributed by atoms with Gasteiger partial charge in [0.15, 0.2) is 5.58 Å². The third-order valence-electron chi connectivity index (χ3n) is 4.32. The Morgan fingerprint density at radius 2 is 1.96 bits per heavy atom. The number of nitrogens with one attached hydrogen (secondary N) is 1. The first-order valence-corrected chi connectivity index (χ1v) is 8.23. The minimum Gasteiger partial charge on any atom is -0.356 e. The van der Waals surface area contributed by atoms with Crippen LogP contribution in [0.2, 0.25) is 0 Å². The van der Waals surface area contributed by atoms with Crippen molar-refractivity contribution in [3.05, 3.63) is 58.3 Å². The van der Waals surface area contributed by atoms with Crippen LogP contribution in [0.15, 0.2) is 34.9 Å². The van der Waals surface area contributed by atoms with Gasteiger partial charge in [0, 0.05) is 11.1 Å². The first-order valence-electron chi connectivity index (χ1n) is 8.23. The quantitative estimate of drug-likeness (QED) is 0.769. The number of amides is 1. The van der Waals surface area contributed by atoms with E-state index >= 15 is 0 Å². The topological polar surface area (TPSA) is 55.1 Å². The summed E-state index contributed by atoms with van der Waals surface area (Å²) in [5.41, 5.74) is 6.75. The highest BCUT2D eigenvalue weighted by atomic mass is 16.5. The molecule has 0 saturated carbocycles. The van der Waals surface area contributed by atoms with E-state index in [1.165, 1.54) is 0 Å². The minimum atomic E-state index is -0.0748. The van der Waals surface area contributed by atoms with E-state index in [2.05, 4.69) is 23.5 Å². The maximum absolute atomic E-state index is 12.5. The molecule has 4 nitrogen and oxygen atoms in total. The highest BCUT2D eigenvalue weighted by molar-refractivity contribution is 5.96. The van der Waals surface area contributed by atoms with E-state index in [9.17, 15) is 4.79 Å². The summed E-state index contributed by atoms with van der Waals surface area (Å²) in [6.07, 6.45) is 1.08. The largest absolute Gasteiger partial charge is 0.356 e. The Kier molecular flexibility index (Phi) is 4.38. The van der Waals surface area contributed by atoms with Crippen LogP contribution >= 0.6 is 0 Å². The third kappa shape index (κ3) is 3.04. The molecule has 0 aliphatic heterocycles. The van der Waals surface area contributed by atoms with Gasteiger partial charge in [0.05, 0.1) is 6.42 Å². The second-order valence-corrected chi connectivity index (χ2v) is 6.27. The number of hydrogen-bond donors (Lipinski definition) is 1. The Labute approximate surface area is 141 Å². The van der Waals surface area contributed by atoms with E-state index in [0.717, 1.165) is 45.3 Å². The highest BCUT2D eigenvalue weighted by Gasteiger charge is 2.16. The average Bonchev–Trinajstić information content (AvgIpc) is 2.92. The molecule has 4 heteroatoms. The molecule has 0 saturated heterocycles. The van der Waals surface area contributed by atoms with Crippen LogP contribution in [0.4, 0.5) is 5.69 Å². The van der Waals surface area contributed by atoms with Crippen molar-refractivity contribution in [1.29, 1.82) is 0 Å². The van der Waals surface area contributed by atoms with Crippen molar-refractivity contribution in [3.8, 4) is 0 Å². The Morgan fingerprint density at radius 3 is 2.71 bits per heavy atom. The van der Waals surface area contributed by atoms with E-state index in [0.29, 0.717) is 5.69 Å². The average molecular weight is 322 g/mol. The van der Waals surface area contributed by atoms with Crippen LogP contribution in [0.5, 0.6) is 0 Å². The number of aromatic nitrogens is 1. The van der Waals surface area contributed by atoms with Crippen LogP contribution < -0.4 is 5.32 Å². The molecule has 0 aliphatic rings. The first kappa shape index (κ1) is 16.2. The molecule has 0 bridgehead atoms. The van der Waals surface area contributed by atoms with Gasteiger partial charge in [-0.1, -0.05) is 36.3 Å². The van der Waals surface area contributed by atoms with Crippen molar-refractivity contribution in [2.24, 2.45) is 0 Å². The van der Waals surface area contributed by atoms with Gasteiger partial charge < -0.3 is 9.84 Å². The number of nitrogens with zero attached hydrogens (tertiary/aromatic N) is 1. The molecule has 1 N–H and O–H groups in total. The van der Waals surface area contributed by atoms with Gasteiger partial charge >= 0.3 is 0 Å². The summed E-state index contributed by atoms with van der Waals surface area (Å²) in [4.78, 5) is 12.5. The molecule has 124 valence electrons. The number of fused-ring (bicyclic) bond motifs is 1. The number of benzene rings is 2. The number of carbonyl (C=O) groups is 1. The standard InChI is InChI=1S/C20H22N2O2/c1-5-15-8-6-7-13(3)20(15)21-18(23)11-16-19-14(4)9-12(2)10-17(19)24-22-16/h6-10H,5,11H2,1-4H3,(H,21,23). The molecule has 0 aliphatic carbocycles. The number of anilines is 1. The zero-order valence-corrected chi connectivity index (χ0v) is 14.6. The summed E-state index contributed by atoms with van der Waals surface area (Å²) in [7, 11) is 0. The Morgan fingerprint density at radius 1 is 1.17 bits per heavy atom. The van der Waals surface area contributed by atoms with E-state index < -0.39 is 0 Å². The van der Waals surface area contributed by atoms with E-state index in [1.54, 1.807) is 0 Å². The zero-order chi connectivity index (χ0) is 17.3. The molecule has 0 unspecified atom stereocenters. The number of rotatable bonds is 4. The van der Waals surface area contributed by atoms with Crippen molar-refractivity contribution in [1.82, 2.24) is 5.16 Å². The molecule has 0 spiro atoms. The van der Waals surface area contributed by atoms with Crippen LogP contribution in [0.25, 0.3) is 11.0 Å². The van der Waals surface area contributed by atoms with Crippen LogP contribution in [-0.4, -0.2) is 11.1 Å². The summed E-state index contributed by atoms with van der Waals surface area (Å²) in [6, 6.07) is 10.1. The van der Waals surface area contributed by atoms with Crippen molar-refractivity contribution < 1.29 is 9.32 Å². The smallest absolute Gasteiger partial charge is 0.230 e. The lowest BCUT2D eigenvalue weighted by Gasteiger charge is -2.12. The van der Waals surface area contributed by atoms with Gasteiger partial charge in [-0.05, 0) is 55.5 Å². The van der Waals surface area contributed by atoms with Crippen LogP contribution in [0.3, 0.4) is 0 Å². The molecule has 3 aromatic rings. The summed E-state index contributed by atoms with van der Waals surface area (Å²) < 4.78 is 5.40. The summed E-state index contributed by atoms with van der Waals surface area (Å²) in [6.45, 7) is 8.13. The molecule has 1 aromatic heterocycles. The van der Waals surface area contributed by atoms with E-state index in [1.807, 2.05) is 45.0 Å². The van der Waals surface area contributed by atoms with Gasteiger partial charge in [0.2, 0.25) is 5.91 Å². The molecular weight excluding hydrogens is 300 g/mol. The fourth-order valence-corrected chi connectivity index (χ4v) is 3.18. The molecule has 2 aromatic carbocycles. The van der Waals surface area contributed by atoms with Crippen LogP contribution in [-0.2, 0) is 17.6 Å². The molecular formula is C20H22N2O2. The SMILES string of the molecule is CCc1cccc(C)c1NC(=O)Cc1noc2cc(C)cc(C)c12. The van der Waals surface area contributed by atoms with Gasteiger partial charge in [-0.2, -0.15) is 0 Å². The van der Waals surface area contributed by atoms with E-state index in [-0.39, 0.29) is 12.3 Å². The normalized spacial score (nSPS) is 11.0. The first-order chi connectivity index (χ1) is 11.5. The second-order valence-electron chi connectivity index (χ2n) is 6.27. The molecule has 24 heavy (non-hydrogen) atoms. The third-order valence-corrected chi connectivity index (χ3v) is 4.32. The van der Waals surface area contributed by atoms with Gasteiger partial charge in [0.1, 0.15) is 5.69 Å². The lowest BCUT2D eigenvalue weighted by molar-refractivity contribution is -0.115. The molecule has 0 fully saturated rings. The van der Waals surface area contributed by atoms with Crippen molar-refractivity contribution >= 4 is 22.6 Å². The van der Waals surface area contributed by atoms with Crippen LogP contribution in [0.1, 0.15) is 34.9 Å². The maximum atomic E-state index is 12.5. The summed E-state index contributed by atoms with van der Waals surface area (Å²) in [5.74, 6) is -0.0748. The number of carbonyl (C=O) groups excluding carboxylic acids is 1. The Balaban J connectivity index is 1.86. The Hall–Kier alpha value is -2.62. The fourth-order valence-electron chi connectivity index (χ4n) is 3.18. The molecule has 1 amide bonds. The van der Waals surface area contributed by atoms with Gasteiger partial charge in [-0.3, -0.25) is 4.79 Å². The lowest BCUT2D eigenvalue weighted by atomic mass is 10.0. The number of para-hydroxylation sites is 1. The molecule has 3 rings (SSSR count). The lowest BCUT2D eigenvalue weighted by Crippen LogP contribution is -2.16. The van der Waals surface area contributed by atoms with Gasteiger partial charge in [-0.15, -0.1) is 0 Å².